The van der Waals surface area contributed by atoms with Crippen molar-refractivity contribution < 1.29 is 4.79 Å². The van der Waals surface area contributed by atoms with Gasteiger partial charge in [0, 0.05) is 13.1 Å². The van der Waals surface area contributed by atoms with E-state index in [1.807, 2.05) is 0 Å². The number of hydrogen-bond donors (Lipinski definition) is 4. The molecule has 4 N–H and O–H groups in total. The monoisotopic (exact) mass is 256 g/mol. The topological polar surface area (TPSA) is 65.2 Å². The lowest BCUT2D eigenvalue weighted by molar-refractivity contribution is 0.239. The van der Waals surface area contributed by atoms with Crippen LogP contribution >= 0.6 is 0 Å². The van der Waals surface area contributed by atoms with Gasteiger partial charge in [-0.1, -0.05) is 13.8 Å². The van der Waals surface area contributed by atoms with E-state index in [9.17, 15) is 4.79 Å². The van der Waals surface area contributed by atoms with Crippen molar-refractivity contribution in [2.24, 2.45) is 5.92 Å². The molecule has 0 saturated carbocycles. The first-order valence-corrected chi connectivity index (χ1v) is 7.17. The van der Waals surface area contributed by atoms with E-state index in [0.29, 0.717) is 12.1 Å². The van der Waals surface area contributed by atoms with Crippen molar-refractivity contribution in [3.8, 4) is 0 Å². The molecule has 1 rings (SSSR count). The molecule has 0 radical (unpaired) electrons. The third-order valence-electron chi connectivity index (χ3n) is 3.01. The predicted molar refractivity (Wildman–Crippen MR) is 74.5 cm³/mol. The largest absolute Gasteiger partial charge is 0.338 e. The highest BCUT2D eigenvalue weighted by atomic mass is 16.2. The van der Waals surface area contributed by atoms with Gasteiger partial charge in [-0.05, 0) is 44.7 Å². The summed E-state index contributed by atoms with van der Waals surface area (Å²) in [7, 11) is 0. The fourth-order valence-corrected chi connectivity index (χ4v) is 1.95. The minimum atomic E-state index is -0.0560. The van der Waals surface area contributed by atoms with Gasteiger partial charge in [-0.25, -0.2) is 4.79 Å². The summed E-state index contributed by atoms with van der Waals surface area (Å²) < 4.78 is 0. The molecule has 5 nitrogen and oxygen atoms in total. The summed E-state index contributed by atoms with van der Waals surface area (Å²) >= 11 is 0. The zero-order valence-electron chi connectivity index (χ0n) is 11.7. The van der Waals surface area contributed by atoms with Crippen LogP contribution in [0.3, 0.4) is 0 Å². The van der Waals surface area contributed by atoms with Gasteiger partial charge in [-0.15, -0.1) is 0 Å². The van der Waals surface area contributed by atoms with E-state index in [1.165, 1.54) is 19.3 Å². The second-order valence-electron chi connectivity index (χ2n) is 5.34. The van der Waals surface area contributed by atoms with Gasteiger partial charge in [0.25, 0.3) is 0 Å². The maximum absolute atomic E-state index is 11.4. The number of carbonyl (C=O) groups is 1. The molecule has 18 heavy (non-hydrogen) atoms. The fraction of sp³-hybridized carbons (Fsp3) is 0.923. The van der Waals surface area contributed by atoms with Crippen LogP contribution in [0.5, 0.6) is 0 Å². The van der Waals surface area contributed by atoms with Crippen LogP contribution in [0.4, 0.5) is 4.79 Å². The van der Waals surface area contributed by atoms with Crippen molar-refractivity contribution in [3.05, 3.63) is 0 Å². The molecule has 0 aromatic rings. The Morgan fingerprint density at radius 2 is 2.11 bits per heavy atom. The summed E-state index contributed by atoms with van der Waals surface area (Å²) in [5, 5.41) is 12.6. The lowest BCUT2D eigenvalue weighted by Gasteiger charge is -2.24. The average molecular weight is 256 g/mol. The highest BCUT2D eigenvalue weighted by molar-refractivity contribution is 5.73. The Labute approximate surface area is 110 Å². The van der Waals surface area contributed by atoms with Crippen molar-refractivity contribution in [2.45, 2.75) is 45.7 Å². The average Bonchev–Trinajstić information content (AvgIpc) is 2.37. The van der Waals surface area contributed by atoms with Gasteiger partial charge in [-0.3, -0.25) is 0 Å². The molecule has 106 valence electrons. The van der Waals surface area contributed by atoms with Gasteiger partial charge < -0.3 is 21.3 Å². The first-order chi connectivity index (χ1) is 8.68. The first kappa shape index (κ1) is 15.2. The van der Waals surface area contributed by atoms with Gasteiger partial charge in [0.15, 0.2) is 0 Å². The molecule has 0 aromatic heterocycles. The quantitative estimate of drug-likeness (QED) is 0.514. The van der Waals surface area contributed by atoms with Gasteiger partial charge in [0.1, 0.15) is 0 Å². The Bertz CT molecular complexity index is 227. The molecule has 0 bridgehead atoms. The van der Waals surface area contributed by atoms with Crippen LogP contribution in [-0.4, -0.2) is 38.4 Å². The van der Waals surface area contributed by atoms with Crippen molar-refractivity contribution in [3.63, 3.8) is 0 Å². The van der Waals surface area contributed by atoms with Crippen LogP contribution in [-0.2, 0) is 0 Å². The molecule has 1 saturated heterocycles. The van der Waals surface area contributed by atoms with Crippen LogP contribution in [0.15, 0.2) is 0 Å². The molecule has 5 heteroatoms. The Hall–Kier alpha value is -0.810. The Morgan fingerprint density at radius 3 is 2.78 bits per heavy atom. The Balaban J connectivity index is 1.89. The number of rotatable bonds is 7. The van der Waals surface area contributed by atoms with E-state index < -0.39 is 0 Å². The van der Waals surface area contributed by atoms with Gasteiger partial charge in [0.05, 0.1) is 6.17 Å². The van der Waals surface area contributed by atoms with Crippen molar-refractivity contribution in [2.75, 3.05) is 26.2 Å². The smallest absolute Gasteiger partial charge is 0.314 e. The Kier molecular flexibility index (Phi) is 7.76. The fourth-order valence-electron chi connectivity index (χ4n) is 1.95. The van der Waals surface area contributed by atoms with E-state index in [0.717, 1.165) is 32.6 Å². The van der Waals surface area contributed by atoms with Crippen LogP contribution in [0.2, 0.25) is 0 Å². The van der Waals surface area contributed by atoms with E-state index in [1.54, 1.807) is 0 Å². The normalized spacial score (nSPS) is 19.8. The van der Waals surface area contributed by atoms with Crippen LogP contribution in [0.25, 0.3) is 0 Å². The van der Waals surface area contributed by atoms with Crippen molar-refractivity contribution >= 4 is 6.03 Å². The van der Waals surface area contributed by atoms with Gasteiger partial charge in [0.2, 0.25) is 0 Å². The molecule has 1 atom stereocenters. The zero-order chi connectivity index (χ0) is 13.2. The van der Waals surface area contributed by atoms with Gasteiger partial charge >= 0.3 is 6.03 Å². The lowest BCUT2D eigenvalue weighted by atomic mass is 10.1. The highest BCUT2D eigenvalue weighted by Crippen LogP contribution is 2.03. The summed E-state index contributed by atoms with van der Waals surface area (Å²) in [5.41, 5.74) is 0. The second kappa shape index (κ2) is 9.16. The summed E-state index contributed by atoms with van der Waals surface area (Å²) in [6.07, 6.45) is 5.24. The summed E-state index contributed by atoms with van der Waals surface area (Å²) in [4.78, 5) is 11.4. The standard InChI is InChI=1S/C13H28N4O/c1-11(2)10-17-13(18)16-9-5-8-15-12-6-3-4-7-14-12/h11-12,14-15H,3-10H2,1-2H3,(H2,16,17,18). The molecular weight excluding hydrogens is 228 g/mol. The minimum Gasteiger partial charge on any atom is -0.338 e. The molecule has 0 spiro atoms. The van der Waals surface area contributed by atoms with E-state index >= 15 is 0 Å². The summed E-state index contributed by atoms with van der Waals surface area (Å²) in [6.45, 7) is 7.69. The van der Waals surface area contributed by atoms with Crippen LogP contribution in [0.1, 0.15) is 39.5 Å². The molecule has 1 aliphatic rings. The molecule has 1 aliphatic heterocycles. The number of hydrogen-bond acceptors (Lipinski definition) is 3. The van der Waals surface area contributed by atoms with Crippen molar-refractivity contribution in [1.29, 1.82) is 0 Å². The molecule has 0 aromatic carbocycles. The third kappa shape index (κ3) is 7.50. The molecule has 1 unspecified atom stereocenters. The minimum absolute atomic E-state index is 0.0560. The number of carbonyl (C=O) groups excluding carboxylic acids is 1. The number of urea groups is 1. The van der Waals surface area contributed by atoms with Gasteiger partial charge in [-0.2, -0.15) is 0 Å². The molecular formula is C13H28N4O. The maximum atomic E-state index is 11.4. The maximum Gasteiger partial charge on any atom is 0.314 e. The molecule has 1 heterocycles. The SMILES string of the molecule is CC(C)CNC(=O)NCCCNC1CCCCN1. The van der Waals surface area contributed by atoms with E-state index in [2.05, 4.69) is 35.1 Å². The summed E-state index contributed by atoms with van der Waals surface area (Å²) in [5.74, 6) is 0.495. The Morgan fingerprint density at radius 1 is 1.28 bits per heavy atom. The van der Waals surface area contributed by atoms with Crippen LogP contribution in [0, 0.1) is 5.92 Å². The third-order valence-corrected chi connectivity index (χ3v) is 3.01. The number of nitrogens with one attached hydrogen (secondary N) is 4. The first-order valence-electron chi connectivity index (χ1n) is 7.17. The van der Waals surface area contributed by atoms with E-state index in [-0.39, 0.29) is 6.03 Å². The molecule has 0 aliphatic carbocycles. The summed E-state index contributed by atoms with van der Waals surface area (Å²) in [6, 6.07) is -0.0560. The lowest BCUT2D eigenvalue weighted by Crippen LogP contribution is -2.46. The number of amides is 2. The van der Waals surface area contributed by atoms with E-state index in [4.69, 9.17) is 0 Å². The predicted octanol–water partition coefficient (Wildman–Crippen LogP) is 1.02. The zero-order valence-corrected chi connectivity index (χ0v) is 11.7. The molecule has 1 fully saturated rings. The highest BCUT2D eigenvalue weighted by Gasteiger charge is 2.10. The van der Waals surface area contributed by atoms with Crippen LogP contribution < -0.4 is 21.3 Å². The second-order valence-corrected chi connectivity index (χ2v) is 5.34. The molecule has 2 amide bonds. The number of piperidine rings is 1. The van der Waals surface area contributed by atoms with Crippen molar-refractivity contribution in [1.82, 2.24) is 21.3 Å².